The van der Waals surface area contributed by atoms with E-state index in [9.17, 15) is 9.90 Å². The average molecular weight is 413 g/mol. The fourth-order valence-electron chi connectivity index (χ4n) is 6.74. The number of fused-ring (bicyclic) bond motifs is 1. The van der Waals surface area contributed by atoms with E-state index in [2.05, 4.69) is 60.7 Å². The number of aliphatic carboxylic acids is 1. The molecule has 2 heteroatoms. The Balaban J connectivity index is 1.69. The van der Waals surface area contributed by atoms with Gasteiger partial charge < -0.3 is 5.11 Å². The van der Waals surface area contributed by atoms with Crippen LogP contribution in [0.2, 0.25) is 0 Å². The number of carboxylic acid groups (broad SMARTS) is 1. The molecule has 3 aliphatic carbocycles. The molecular formula is C29H32O2. The smallest absolute Gasteiger partial charge is 0.303 e. The molecule has 0 saturated heterocycles. The van der Waals surface area contributed by atoms with Gasteiger partial charge in [0.2, 0.25) is 0 Å². The van der Waals surface area contributed by atoms with Crippen molar-refractivity contribution in [3.8, 4) is 0 Å². The van der Waals surface area contributed by atoms with E-state index in [1.54, 1.807) is 16.7 Å². The number of hydrogen-bond donors (Lipinski definition) is 1. The Kier molecular flexibility index (Phi) is 5.56. The molecule has 0 aliphatic heterocycles. The minimum Gasteiger partial charge on any atom is -0.481 e. The molecule has 1 atom stereocenters. The highest BCUT2D eigenvalue weighted by molar-refractivity contribution is 5.69. The minimum absolute atomic E-state index is 0.0612. The molecule has 0 spiro atoms. The van der Waals surface area contributed by atoms with Gasteiger partial charge in [0.15, 0.2) is 0 Å². The molecule has 1 unspecified atom stereocenters. The van der Waals surface area contributed by atoms with Gasteiger partial charge in [0, 0.05) is 5.41 Å². The Morgan fingerprint density at radius 1 is 0.806 bits per heavy atom. The molecular weight excluding hydrogens is 380 g/mol. The third-order valence-corrected chi connectivity index (χ3v) is 7.76. The second-order valence-corrected chi connectivity index (χ2v) is 9.65. The van der Waals surface area contributed by atoms with Crippen molar-refractivity contribution in [3.63, 3.8) is 0 Å². The molecule has 0 radical (unpaired) electrons. The Morgan fingerprint density at radius 2 is 1.39 bits per heavy atom. The van der Waals surface area contributed by atoms with E-state index in [0.29, 0.717) is 0 Å². The fraction of sp³-hybridized carbons (Fsp3) is 0.414. The zero-order valence-electron chi connectivity index (χ0n) is 18.3. The van der Waals surface area contributed by atoms with Crippen LogP contribution in [0.15, 0.2) is 83.0 Å². The molecule has 5 rings (SSSR count). The van der Waals surface area contributed by atoms with Gasteiger partial charge >= 0.3 is 5.97 Å². The van der Waals surface area contributed by atoms with Crippen molar-refractivity contribution in [3.05, 3.63) is 94.1 Å². The van der Waals surface area contributed by atoms with Gasteiger partial charge in [-0.3, -0.25) is 4.79 Å². The monoisotopic (exact) mass is 412 g/mol. The lowest BCUT2D eigenvalue weighted by Crippen LogP contribution is -2.35. The highest BCUT2D eigenvalue weighted by atomic mass is 16.4. The third kappa shape index (κ3) is 3.78. The highest BCUT2D eigenvalue weighted by Gasteiger charge is 2.50. The number of carboxylic acids is 1. The Hall–Kier alpha value is -2.61. The Labute approximate surface area is 185 Å². The van der Waals surface area contributed by atoms with Crippen LogP contribution in [0.3, 0.4) is 0 Å². The second kappa shape index (κ2) is 8.49. The highest BCUT2D eigenvalue weighted by Crippen LogP contribution is 2.61. The quantitative estimate of drug-likeness (QED) is 0.559. The first-order chi connectivity index (χ1) is 15.2. The van der Waals surface area contributed by atoms with Crippen molar-refractivity contribution < 1.29 is 9.90 Å². The van der Waals surface area contributed by atoms with Gasteiger partial charge in [-0.2, -0.15) is 0 Å². The first kappa shape index (κ1) is 20.3. The van der Waals surface area contributed by atoms with Crippen LogP contribution < -0.4 is 0 Å². The summed E-state index contributed by atoms with van der Waals surface area (Å²) in [5, 5.41) is 9.76. The minimum atomic E-state index is -0.656. The van der Waals surface area contributed by atoms with E-state index in [4.69, 9.17) is 0 Å². The fourth-order valence-corrected chi connectivity index (χ4v) is 6.74. The summed E-state index contributed by atoms with van der Waals surface area (Å²) in [6.45, 7) is 0. The first-order valence-corrected chi connectivity index (χ1v) is 11.9. The van der Waals surface area contributed by atoms with Crippen LogP contribution in [0.1, 0.15) is 62.5 Å². The van der Waals surface area contributed by atoms with Crippen molar-refractivity contribution in [2.75, 3.05) is 0 Å². The van der Waals surface area contributed by atoms with Crippen molar-refractivity contribution in [2.24, 2.45) is 11.3 Å². The zero-order chi connectivity index (χ0) is 21.3. The average Bonchev–Trinajstić information content (AvgIpc) is 3.06. The van der Waals surface area contributed by atoms with Crippen molar-refractivity contribution in [1.82, 2.24) is 0 Å². The van der Waals surface area contributed by atoms with Crippen LogP contribution >= 0.6 is 0 Å². The maximum atomic E-state index is 11.9. The van der Waals surface area contributed by atoms with E-state index >= 15 is 0 Å². The molecule has 2 nitrogen and oxygen atoms in total. The topological polar surface area (TPSA) is 37.3 Å². The number of carbonyl (C=O) groups is 1. The third-order valence-electron chi connectivity index (χ3n) is 7.76. The van der Waals surface area contributed by atoms with E-state index in [1.807, 2.05) is 0 Å². The van der Waals surface area contributed by atoms with Crippen LogP contribution in [0.5, 0.6) is 0 Å². The van der Waals surface area contributed by atoms with Crippen LogP contribution in [0.4, 0.5) is 0 Å². The van der Waals surface area contributed by atoms with E-state index in [1.165, 1.54) is 42.4 Å². The van der Waals surface area contributed by atoms with Gasteiger partial charge in [0.25, 0.3) is 0 Å². The molecule has 31 heavy (non-hydrogen) atoms. The molecule has 2 aromatic carbocycles. The number of allylic oxidation sites excluding steroid dienone is 4. The molecule has 160 valence electrons. The van der Waals surface area contributed by atoms with Crippen molar-refractivity contribution in [2.45, 2.75) is 64.2 Å². The van der Waals surface area contributed by atoms with Gasteiger partial charge in [-0.15, -0.1) is 0 Å². The summed E-state index contributed by atoms with van der Waals surface area (Å²) in [7, 11) is 0. The summed E-state index contributed by atoms with van der Waals surface area (Å²) < 4.78 is 0. The lowest BCUT2D eigenvalue weighted by molar-refractivity contribution is -0.138. The summed E-state index contributed by atoms with van der Waals surface area (Å²) >= 11 is 0. The standard InChI is InChI=1S/C29H32O2/c30-27(31)18-23-14-9-16-25-24-15-7-8-17-26(24)29(28(23)25,19-21-10-3-1-4-11-21)20-22-12-5-2-6-13-22/h1-6,10-13,23H,7-9,14-20H2,(H,30,31). The van der Waals surface area contributed by atoms with E-state index in [-0.39, 0.29) is 17.8 Å². The van der Waals surface area contributed by atoms with E-state index < -0.39 is 5.97 Å². The molecule has 0 fully saturated rings. The lowest BCUT2D eigenvalue weighted by atomic mass is 9.61. The maximum Gasteiger partial charge on any atom is 0.303 e. The largest absolute Gasteiger partial charge is 0.481 e. The summed E-state index contributed by atoms with van der Waals surface area (Å²) in [6.07, 6.45) is 10.4. The normalized spacial score (nSPS) is 22.3. The summed E-state index contributed by atoms with van der Waals surface area (Å²) in [6, 6.07) is 21.8. The molecule has 3 aliphatic rings. The predicted octanol–water partition coefficient (Wildman–Crippen LogP) is 6.91. The lowest BCUT2D eigenvalue weighted by Gasteiger charge is -2.42. The van der Waals surface area contributed by atoms with Gasteiger partial charge in [-0.1, -0.05) is 71.8 Å². The molecule has 1 N–H and O–H groups in total. The maximum absolute atomic E-state index is 11.9. The predicted molar refractivity (Wildman–Crippen MR) is 125 cm³/mol. The SMILES string of the molecule is O=C(O)CC1CCCC2=C1C(Cc1ccccc1)(Cc1ccccc1)C1=C2CCCC1. The van der Waals surface area contributed by atoms with E-state index in [0.717, 1.165) is 32.1 Å². The number of benzene rings is 2. The van der Waals surface area contributed by atoms with Crippen LogP contribution in [-0.4, -0.2) is 11.1 Å². The molecule has 0 saturated carbocycles. The van der Waals surface area contributed by atoms with Crippen LogP contribution in [0, 0.1) is 11.3 Å². The first-order valence-electron chi connectivity index (χ1n) is 11.9. The number of rotatable bonds is 6. The summed E-state index contributed by atoms with van der Waals surface area (Å²) in [5.74, 6) is -0.490. The molecule has 0 heterocycles. The summed E-state index contributed by atoms with van der Waals surface area (Å²) in [4.78, 5) is 11.9. The zero-order valence-corrected chi connectivity index (χ0v) is 18.3. The molecule has 2 aromatic rings. The second-order valence-electron chi connectivity index (χ2n) is 9.65. The summed E-state index contributed by atoms with van der Waals surface area (Å²) in [5.41, 5.74) is 8.99. The van der Waals surface area contributed by atoms with Crippen LogP contribution in [-0.2, 0) is 17.6 Å². The van der Waals surface area contributed by atoms with Crippen LogP contribution in [0.25, 0.3) is 0 Å². The molecule has 0 amide bonds. The van der Waals surface area contributed by atoms with Gasteiger partial charge in [0.05, 0.1) is 6.42 Å². The Bertz CT molecular complexity index is 972. The van der Waals surface area contributed by atoms with Gasteiger partial charge in [-0.05, 0) is 86.0 Å². The molecule has 0 bridgehead atoms. The van der Waals surface area contributed by atoms with Gasteiger partial charge in [-0.25, -0.2) is 0 Å². The number of hydrogen-bond acceptors (Lipinski definition) is 1. The van der Waals surface area contributed by atoms with Gasteiger partial charge in [0.1, 0.15) is 0 Å². The van der Waals surface area contributed by atoms with Crippen molar-refractivity contribution >= 4 is 5.97 Å². The Morgan fingerprint density at radius 3 is 2.00 bits per heavy atom. The van der Waals surface area contributed by atoms with Crippen molar-refractivity contribution in [1.29, 1.82) is 0 Å². The molecule has 0 aromatic heterocycles.